The van der Waals surface area contributed by atoms with Gasteiger partial charge in [0.2, 0.25) is 5.91 Å². The van der Waals surface area contributed by atoms with Gasteiger partial charge in [0.25, 0.3) is 0 Å². The van der Waals surface area contributed by atoms with E-state index in [0.717, 1.165) is 17.7 Å². The maximum absolute atomic E-state index is 12.8. The summed E-state index contributed by atoms with van der Waals surface area (Å²) in [4.78, 5) is 11.9. The van der Waals surface area contributed by atoms with Crippen LogP contribution in [0.3, 0.4) is 0 Å². The van der Waals surface area contributed by atoms with Gasteiger partial charge in [0, 0.05) is 11.4 Å². The first-order valence-electron chi connectivity index (χ1n) is 6.98. The number of para-hydroxylation sites is 1. The van der Waals surface area contributed by atoms with Gasteiger partial charge >= 0.3 is 0 Å². The zero-order valence-corrected chi connectivity index (χ0v) is 12.2. The molecule has 0 bridgehead atoms. The Labute approximate surface area is 124 Å². The highest BCUT2D eigenvalue weighted by atomic mass is 19.1. The molecule has 0 atom stereocenters. The molecule has 2 aromatic carbocycles. The van der Waals surface area contributed by atoms with Crippen LogP contribution in [0.1, 0.15) is 18.1 Å². The predicted molar refractivity (Wildman–Crippen MR) is 84.1 cm³/mol. The molecule has 2 rings (SSSR count). The number of benzene rings is 2. The van der Waals surface area contributed by atoms with E-state index in [1.807, 2.05) is 25.1 Å². The standard InChI is InChI=1S/C17H19FN2O/c1-3-13-6-4-5-12(2)17(13)19-11-16(21)20-15-9-7-14(18)8-10-15/h4-10,19H,3,11H2,1-2H3,(H,20,21). The van der Waals surface area contributed by atoms with Gasteiger partial charge in [-0.15, -0.1) is 0 Å². The Morgan fingerprint density at radius 3 is 2.52 bits per heavy atom. The Hall–Kier alpha value is -2.36. The van der Waals surface area contributed by atoms with Gasteiger partial charge in [-0.1, -0.05) is 25.1 Å². The van der Waals surface area contributed by atoms with Crippen LogP contribution in [0.5, 0.6) is 0 Å². The number of nitrogens with one attached hydrogen (secondary N) is 2. The summed E-state index contributed by atoms with van der Waals surface area (Å²) in [6.07, 6.45) is 0.906. The number of carbonyl (C=O) groups excluding carboxylic acids is 1. The summed E-state index contributed by atoms with van der Waals surface area (Å²) >= 11 is 0. The lowest BCUT2D eigenvalue weighted by Crippen LogP contribution is -2.22. The monoisotopic (exact) mass is 286 g/mol. The first-order chi connectivity index (χ1) is 10.1. The minimum Gasteiger partial charge on any atom is -0.376 e. The molecule has 0 unspecified atom stereocenters. The van der Waals surface area contributed by atoms with Crippen LogP contribution in [-0.4, -0.2) is 12.5 Å². The second kappa shape index (κ2) is 6.88. The molecular formula is C17H19FN2O. The molecule has 0 heterocycles. The van der Waals surface area contributed by atoms with Crippen LogP contribution < -0.4 is 10.6 Å². The average molecular weight is 286 g/mol. The van der Waals surface area contributed by atoms with Gasteiger partial charge in [-0.2, -0.15) is 0 Å². The van der Waals surface area contributed by atoms with Crippen LogP contribution in [0.15, 0.2) is 42.5 Å². The number of anilines is 2. The summed E-state index contributed by atoms with van der Waals surface area (Å²) in [6, 6.07) is 11.8. The molecule has 0 aliphatic heterocycles. The molecule has 4 heteroatoms. The number of amides is 1. The van der Waals surface area contributed by atoms with Crippen LogP contribution in [0.25, 0.3) is 0 Å². The molecule has 21 heavy (non-hydrogen) atoms. The van der Waals surface area contributed by atoms with E-state index in [-0.39, 0.29) is 18.3 Å². The van der Waals surface area contributed by atoms with Crippen LogP contribution in [0.4, 0.5) is 15.8 Å². The van der Waals surface area contributed by atoms with Gasteiger partial charge in [-0.3, -0.25) is 4.79 Å². The minimum atomic E-state index is -0.321. The molecule has 3 nitrogen and oxygen atoms in total. The number of hydrogen-bond donors (Lipinski definition) is 2. The topological polar surface area (TPSA) is 41.1 Å². The molecule has 1 amide bonds. The third kappa shape index (κ3) is 4.05. The van der Waals surface area contributed by atoms with E-state index in [4.69, 9.17) is 0 Å². The van der Waals surface area contributed by atoms with Crippen LogP contribution in [-0.2, 0) is 11.2 Å². The second-order valence-electron chi connectivity index (χ2n) is 4.87. The van der Waals surface area contributed by atoms with Crippen molar-refractivity contribution in [1.29, 1.82) is 0 Å². The lowest BCUT2D eigenvalue weighted by Gasteiger charge is -2.14. The normalized spacial score (nSPS) is 10.2. The number of aryl methyl sites for hydroxylation is 2. The minimum absolute atomic E-state index is 0.160. The summed E-state index contributed by atoms with van der Waals surface area (Å²) in [6.45, 7) is 4.27. The van der Waals surface area contributed by atoms with Gasteiger partial charge in [0.1, 0.15) is 5.82 Å². The SMILES string of the molecule is CCc1cccc(C)c1NCC(=O)Nc1ccc(F)cc1. The summed E-state index contributed by atoms with van der Waals surface area (Å²) in [5.74, 6) is -0.481. The maximum atomic E-state index is 12.8. The van der Waals surface area contributed by atoms with Crippen LogP contribution in [0.2, 0.25) is 0 Å². The third-order valence-corrected chi connectivity index (χ3v) is 3.29. The number of rotatable bonds is 5. The van der Waals surface area contributed by atoms with Crippen molar-refractivity contribution < 1.29 is 9.18 Å². The van der Waals surface area contributed by atoms with Crippen molar-refractivity contribution in [3.8, 4) is 0 Å². The molecule has 0 spiro atoms. The van der Waals surface area contributed by atoms with Crippen molar-refractivity contribution in [3.63, 3.8) is 0 Å². The molecule has 2 aromatic rings. The van der Waals surface area contributed by atoms with Gasteiger partial charge in [-0.25, -0.2) is 4.39 Å². The van der Waals surface area contributed by atoms with E-state index >= 15 is 0 Å². The number of halogens is 1. The molecule has 2 N–H and O–H groups in total. The van der Waals surface area contributed by atoms with E-state index in [1.54, 1.807) is 12.1 Å². The van der Waals surface area contributed by atoms with Gasteiger partial charge < -0.3 is 10.6 Å². The molecule has 0 aliphatic rings. The second-order valence-corrected chi connectivity index (χ2v) is 4.87. The Kier molecular flexibility index (Phi) is 4.93. The quantitative estimate of drug-likeness (QED) is 0.879. The summed E-state index contributed by atoms with van der Waals surface area (Å²) in [5, 5.41) is 5.91. The van der Waals surface area contributed by atoms with Crippen molar-refractivity contribution >= 4 is 17.3 Å². The Morgan fingerprint density at radius 1 is 1.14 bits per heavy atom. The summed E-state index contributed by atoms with van der Waals surface area (Å²) in [7, 11) is 0. The lowest BCUT2D eigenvalue weighted by atomic mass is 10.1. The van der Waals surface area contributed by atoms with Crippen LogP contribution >= 0.6 is 0 Å². The molecule has 110 valence electrons. The zero-order valence-electron chi connectivity index (χ0n) is 12.2. The molecule has 0 radical (unpaired) electrons. The molecule has 0 saturated carbocycles. The first kappa shape index (κ1) is 15.0. The fourth-order valence-electron chi connectivity index (χ4n) is 2.18. The van der Waals surface area contributed by atoms with Crippen molar-refractivity contribution in [3.05, 3.63) is 59.4 Å². The summed E-state index contributed by atoms with van der Waals surface area (Å²) in [5.41, 5.74) is 3.89. The van der Waals surface area contributed by atoms with E-state index in [0.29, 0.717) is 5.69 Å². The van der Waals surface area contributed by atoms with Crippen LogP contribution in [0, 0.1) is 12.7 Å². The van der Waals surface area contributed by atoms with Crippen molar-refractivity contribution in [2.24, 2.45) is 0 Å². The van der Waals surface area contributed by atoms with Gasteiger partial charge in [-0.05, 0) is 48.7 Å². The fraction of sp³-hybridized carbons (Fsp3) is 0.235. The molecule has 0 aliphatic carbocycles. The van der Waals surface area contributed by atoms with Crippen molar-refractivity contribution in [1.82, 2.24) is 0 Å². The average Bonchev–Trinajstić information content (AvgIpc) is 2.48. The molecular weight excluding hydrogens is 267 g/mol. The lowest BCUT2D eigenvalue weighted by molar-refractivity contribution is -0.114. The van der Waals surface area contributed by atoms with E-state index in [2.05, 4.69) is 17.6 Å². The fourth-order valence-corrected chi connectivity index (χ4v) is 2.18. The highest BCUT2D eigenvalue weighted by molar-refractivity contribution is 5.93. The maximum Gasteiger partial charge on any atom is 0.243 e. The van der Waals surface area contributed by atoms with E-state index < -0.39 is 0 Å². The van der Waals surface area contributed by atoms with Gasteiger partial charge in [0.15, 0.2) is 0 Å². The number of hydrogen-bond acceptors (Lipinski definition) is 2. The smallest absolute Gasteiger partial charge is 0.243 e. The zero-order chi connectivity index (χ0) is 15.2. The summed E-state index contributed by atoms with van der Waals surface area (Å²) < 4.78 is 12.8. The molecule has 0 fully saturated rings. The Balaban J connectivity index is 1.97. The Bertz CT molecular complexity index is 623. The van der Waals surface area contributed by atoms with E-state index in [9.17, 15) is 9.18 Å². The molecule has 0 aromatic heterocycles. The largest absolute Gasteiger partial charge is 0.376 e. The first-order valence-corrected chi connectivity index (χ1v) is 6.98. The highest BCUT2D eigenvalue weighted by Crippen LogP contribution is 2.20. The van der Waals surface area contributed by atoms with E-state index in [1.165, 1.54) is 17.7 Å². The molecule has 0 saturated heterocycles. The third-order valence-electron chi connectivity index (χ3n) is 3.29. The van der Waals surface area contributed by atoms with Crippen molar-refractivity contribution in [2.75, 3.05) is 17.2 Å². The highest BCUT2D eigenvalue weighted by Gasteiger charge is 2.07. The van der Waals surface area contributed by atoms with Gasteiger partial charge in [0.05, 0.1) is 6.54 Å². The van der Waals surface area contributed by atoms with Crippen molar-refractivity contribution in [2.45, 2.75) is 20.3 Å². The Morgan fingerprint density at radius 2 is 1.86 bits per heavy atom. The number of carbonyl (C=O) groups is 1. The predicted octanol–water partition coefficient (Wildman–Crippen LogP) is 3.75.